The van der Waals surface area contributed by atoms with Crippen molar-refractivity contribution in [1.29, 1.82) is 0 Å². The smallest absolute Gasteiger partial charge is 0.233 e. The van der Waals surface area contributed by atoms with Crippen LogP contribution in [0.5, 0.6) is 0 Å². The van der Waals surface area contributed by atoms with E-state index in [9.17, 15) is 9.59 Å². The SMILES string of the molecule is Cc1ccc(CN2C(=O)CC(Cc3cnn(C)c3)C2=O)c(C)n1. The molecule has 2 aromatic heterocycles. The molecule has 1 fully saturated rings. The normalized spacial score (nSPS) is 18.0. The lowest BCUT2D eigenvalue weighted by molar-refractivity contribution is -0.140. The second-order valence-corrected chi connectivity index (χ2v) is 6.14. The summed E-state index contributed by atoms with van der Waals surface area (Å²) < 4.78 is 1.70. The predicted octanol–water partition coefficient (Wildman–Crippen LogP) is 1.55. The molecule has 0 aromatic carbocycles. The number of aromatic nitrogens is 3. The van der Waals surface area contributed by atoms with E-state index in [0.29, 0.717) is 13.0 Å². The molecule has 6 nitrogen and oxygen atoms in total. The number of aryl methyl sites for hydroxylation is 3. The summed E-state index contributed by atoms with van der Waals surface area (Å²) in [6.07, 6.45) is 4.45. The van der Waals surface area contributed by atoms with E-state index in [0.717, 1.165) is 22.5 Å². The number of carbonyl (C=O) groups is 2. The standard InChI is InChI=1S/C17H20N4O2/c1-11-4-5-14(12(2)19-11)10-21-16(22)7-15(17(21)23)6-13-8-18-20(3)9-13/h4-5,8-9,15H,6-7,10H2,1-3H3. The number of pyridine rings is 1. The topological polar surface area (TPSA) is 68.1 Å². The fourth-order valence-corrected chi connectivity index (χ4v) is 2.99. The Morgan fingerprint density at radius 3 is 2.70 bits per heavy atom. The van der Waals surface area contributed by atoms with E-state index in [-0.39, 0.29) is 24.2 Å². The van der Waals surface area contributed by atoms with E-state index < -0.39 is 0 Å². The number of hydrogen-bond donors (Lipinski definition) is 0. The molecule has 23 heavy (non-hydrogen) atoms. The average Bonchev–Trinajstić information content (AvgIpc) is 3.00. The Kier molecular flexibility index (Phi) is 3.98. The third-order valence-corrected chi connectivity index (χ3v) is 4.24. The molecule has 0 bridgehead atoms. The van der Waals surface area contributed by atoms with Crippen LogP contribution in [0.1, 0.15) is 28.9 Å². The van der Waals surface area contributed by atoms with E-state index >= 15 is 0 Å². The second-order valence-electron chi connectivity index (χ2n) is 6.14. The summed E-state index contributed by atoms with van der Waals surface area (Å²) in [7, 11) is 1.84. The minimum Gasteiger partial charge on any atom is -0.278 e. The molecule has 6 heteroatoms. The van der Waals surface area contributed by atoms with E-state index in [2.05, 4.69) is 10.1 Å². The van der Waals surface area contributed by atoms with Gasteiger partial charge in [0.1, 0.15) is 0 Å². The van der Waals surface area contributed by atoms with Gasteiger partial charge in [0.05, 0.1) is 18.7 Å². The van der Waals surface area contributed by atoms with Gasteiger partial charge in [0.15, 0.2) is 0 Å². The molecule has 0 radical (unpaired) electrons. The Bertz CT molecular complexity index is 766. The summed E-state index contributed by atoms with van der Waals surface area (Å²) in [6.45, 7) is 4.13. The lowest BCUT2D eigenvalue weighted by Crippen LogP contribution is -2.30. The summed E-state index contributed by atoms with van der Waals surface area (Å²) in [5, 5.41) is 4.11. The minimum absolute atomic E-state index is 0.0983. The molecular formula is C17H20N4O2. The first-order valence-corrected chi connectivity index (χ1v) is 7.69. The van der Waals surface area contributed by atoms with Crippen molar-refractivity contribution in [2.45, 2.75) is 33.2 Å². The maximum atomic E-state index is 12.6. The fourth-order valence-electron chi connectivity index (χ4n) is 2.99. The molecule has 1 aliphatic rings. The Morgan fingerprint density at radius 2 is 2.04 bits per heavy atom. The molecule has 0 N–H and O–H groups in total. The van der Waals surface area contributed by atoms with Crippen molar-refractivity contribution in [2.24, 2.45) is 13.0 Å². The third kappa shape index (κ3) is 3.16. The maximum Gasteiger partial charge on any atom is 0.233 e. The van der Waals surface area contributed by atoms with Crippen LogP contribution >= 0.6 is 0 Å². The van der Waals surface area contributed by atoms with E-state index in [1.807, 2.05) is 39.2 Å². The quantitative estimate of drug-likeness (QED) is 0.803. The number of imide groups is 1. The van der Waals surface area contributed by atoms with Crippen LogP contribution in [0.4, 0.5) is 0 Å². The van der Waals surface area contributed by atoms with Crippen molar-refractivity contribution < 1.29 is 9.59 Å². The molecule has 0 spiro atoms. The van der Waals surface area contributed by atoms with E-state index in [4.69, 9.17) is 0 Å². The van der Waals surface area contributed by atoms with E-state index in [1.54, 1.807) is 10.9 Å². The minimum atomic E-state index is -0.287. The van der Waals surface area contributed by atoms with Crippen LogP contribution in [0.15, 0.2) is 24.5 Å². The third-order valence-electron chi connectivity index (χ3n) is 4.24. The molecule has 1 unspecified atom stereocenters. The van der Waals surface area contributed by atoms with Gasteiger partial charge in [-0.2, -0.15) is 5.10 Å². The molecule has 3 rings (SSSR count). The molecule has 2 aromatic rings. The highest BCUT2D eigenvalue weighted by Gasteiger charge is 2.38. The van der Waals surface area contributed by atoms with Crippen molar-refractivity contribution >= 4 is 11.8 Å². The van der Waals surface area contributed by atoms with Crippen molar-refractivity contribution in [1.82, 2.24) is 19.7 Å². The zero-order valence-corrected chi connectivity index (χ0v) is 13.6. The van der Waals surface area contributed by atoms with E-state index in [1.165, 1.54) is 4.90 Å². The van der Waals surface area contributed by atoms with Crippen LogP contribution < -0.4 is 0 Å². The second kappa shape index (κ2) is 5.95. The molecule has 1 saturated heterocycles. The molecule has 0 aliphatic carbocycles. The van der Waals surface area contributed by atoms with Crippen LogP contribution in [0.3, 0.4) is 0 Å². The number of rotatable bonds is 4. The van der Waals surface area contributed by atoms with Crippen LogP contribution in [-0.4, -0.2) is 31.5 Å². The number of hydrogen-bond acceptors (Lipinski definition) is 4. The van der Waals surface area contributed by atoms with Gasteiger partial charge in [-0.15, -0.1) is 0 Å². The first-order chi connectivity index (χ1) is 10.9. The summed E-state index contributed by atoms with van der Waals surface area (Å²) in [5.41, 5.74) is 3.69. The molecular weight excluding hydrogens is 292 g/mol. The van der Waals surface area contributed by atoms with Crippen molar-refractivity contribution in [2.75, 3.05) is 0 Å². The zero-order chi connectivity index (χ0) is 16.6. The van der Waals surface area contributed by atoms with Gasteiger partial charge in [0, 0.05) is 31.1 Å². The zero-order valence-electron chi connectivity index (χ0n) is 13.6. The van der Waals surface area contributed by atoms with Crippen LogP contribution in [0.2, 0.25) is 0 Å². The summed E-state index contributed by atoms with van der Waals surface area (Å²) in [4.78, 5) is 30.6. The Balaban J connectivity index is 1.73. The van der Waals surface area contributed by atoms with Gasteiger partial charge in [-0.05, 0) is 37.5 Å². The Morgan fingerprint density at radius 1 is 1.26 bits per heavy atom. The molecule has 0 saturated carbocycles. The van der Waals surface area contributed by atoms with Gasteiger partial charge in [-0.25, -0.2) is 0 Å². The summed E-state index contributed by atoms with van der Waals surface area (Å²) in [6, 6.07) is 3.84. The van der Waals surface area contributed by atoms with Gasteiger partial charge in [0.2, 0.25) is 11.8 Å². The first-order valence-electron chi connectivity index (χ1n) is 7.69. The summed E-state index contributed by atoms with van der Waals surface area (Å²) in [5.74, 6) is -0.492. The monoisotopic (exact) mass is 312 g/mol. The van der Waals surface area contributed by atoms with Gasteiger partial charge < -0.3 is 0 Å². The largest absolute Gasteiger partial charge is 0.278 e. The predicted molar refractivity (Wildman–Crippen MR) is 84.3 cm³/mol. The average molecular weight is 312 g/mol. The molecule has 2 amide bonds. The first kappa shape index (κ1) is 15.4. The fraction of sp³-hybridized carbons (Fsp3) is 0.412. The number of carbonyl (C=O) groups excluding carboxylic acids is 2. The molecule has 1 atom stereocenters. The van der Waals surface area contributed by atoms with Crippen molar-refractivity contribution in [3.8, 4) is 0 Å². The Hall–Kier alpha value is -2.50. The van der Waals surface area contributed by atoms with Gasteiger partial charge in [0.25, 0.3) is 0 Å². The lowest BCUT2D eigenvalue weighted by Gasteiger charge is -2.16. The number of nitrogens with zero attached hydrogens (tertiary/aromatic N) is 4. The van der Waals surface area contributed by atoms with Crippen LogP contribution in [0.25, 0.3) is 0 Å². The van der Waals surface area contributed by atoms with Crippen molar-refractivity contribution in [3.63, 3.8) is 0 Å². The molecule has 120 valence electrons. The lowest BCUT2D eigenvalue weighted by atomic mass is 10.0. The van der Waals surface area contributed by atoms with Gasteiger partial charge in [-0.3, -0.25) is 24.2 Å². The van der Waals surface area contributed by atoms with Gasteiger partial charge >= 0.3 is 0 Å². The highest BCUT2D eigenvalue weighted by molar-refractivity contribution is 6.03. The number of likely N-dealkylation sites (tertiary alicyclic amines) is 1. The Labute approximate surface area is 135 Å². The van der Waals surface area contributed by atoms with Crippen LogP contribution in [0, 0.1) is 19.8 Å². The number of amides is 2. The van der Waals surface area contributed by atoms with Crippen LogP contribution in [-0.2, 0) is 29.6 Å². The maximum absolute atomic E-state index is 12.6. The molecule has 1 aliphatic heterocycles. The highest BCUT2D eigenvalue weighted by atomic mass is 16.2. The molecule has 3 heterocycles. The highest BCUT2D eigenvalue weighted by Crippen LogP contribution is 2.25. The summed E-state index contributed by atoms with van der Waals surface area (Å²) >= 11 is 0. The van der Waals surface area contributed by atoms with Gasteiger partial charge in [-0.1, -0.05) is 6.07 Å². The van der Waals surface area contributed by atoms with Crippen molar-refractivity contribution in [3.05, 3.63) is 47.0 Å².